The van der Waals surface area contributed by atoms with E-state index in [0.717, 1.165) is 30.0 Å². The van der Waals surface area contributed by atoms with Gasteiger partial charge in [0.05, 0.1) is 12.5 Å². The molecule has 1 aromatic heterocycles. The van der Waals surface area contributed by atoms with Gasteiger partial charge in [-0.2, -0.15) is 0 Å². The number of benzene rings is 1. The molecule has 0 aliphatic carbocycles. The molecule has 1 aromatic carbocycles. The van der Waals surface area contributed by atoms with E-state index in [1.54, 1.807) is 6.26 Å². The van der Waals surface area contributed by atoms with E-state index in [0.29, 0.717) is 6.04 Å². The maximum absolute atomic E-state index is 6.10. The van der Waals surface area contributed by atoms with Crippen LogP contribution in [0.3, 0.4) is 0 Å². The van der Waals surface area contributed by atoms with Gasteiger partial charge in [0.15, 0.2) is 0 Å². The topological polar surface area (TPSA) is 25.2 Å². The monoisotopic (exact) mass is 277 g/mol. The molecule has 0 fully saturated rings. The summed E-state index contributed by atoms with van der Waals surface area (Å²) >= 11 is 6.10. The van der Waals surface area contributed by atoms with Crippen LogP contribution in [0.2, 0.25) is 5.02 Å². The Hall–Kier alpha value is -1.25. The second kappa shape index (κ2) is 6.78. The van der Waals surface area contributed by atoms with Gasteiger partial charge in [-0.05, 0) is 55.1 Å². The van der Waals surface area contributed by atoms with Gasteiger partial charge in [-0.15, -0.1) is 0 Å². The Kier molecular flexibility index (Phi) is 5.06. The van der Waals surface area contributed by atoms with Crippen LogP contribution in [0, 0.1) is 6.92 Å². The van der Waals surface area contributed by atoms with Gasteiger partial charge in [-0.1, -0.05) is 30.7 Å². The number of nitrogens with one attached hydrogen (secondary N) is 1. The van der Waals surface area contributed by atoms with Crippen molar-refractivity contribution in [3.63, 3.8) is 0 Å². The molecule has 0 aliphatic heterocycles. The molecule has 102 valence electrons. The Morgan fingerprint density at radius 1 is 1.32 bits per heavy atom. The Morgan fingerprint density at radius 2 is 2.16 bits per heavy atom. The summed E-state index contributed by atoms with van der Waals surface area (Å²) in [4.78, 5) is 0. The molecule has 0 aliphatic rings. The third kappa shape index (κ3) is 3.85. The van der Waals surface area contributed by atoms with Gasteiger partial charge in [-0.25, -0.2) is 0 Å². The highest BCUT2D eigenvalue weighted by molar-refractivity contribution is 6.31. The van der Waals surface area contributed by atoms with E-state index in [1.807, 2.05) is 25.3 Å². The van der Waals surface area contributed by atoms with Crippen LogP contribution < -0.4 is 5.32 Å². The van der Waals surface area contributed by atoms with Gasteiger partial charge >= 0.3 is 0 Å². The molecule has 0 bridgehead atoms. The summed E-state index contributed by atoms with van der Waals surface area (Å²) in [5.41, 5.74) is 3.60. The van der Waals surface area contributed by atoms with Crippen LogP contribution >= 0.6 is 11.6 Å². The first-order valence-corrected chi connectivity index (χ1v) is 7.09. The maximum Gasteiger partial charge on any atom is 0.0935 e. The highest BCUT2D eigenvalue weighted by Crippen LogP contribution is 2.23. The number of hydrogen-bond acceptors (Lipinski definition) is 2. The molecule has 0 saturated carbocycles. The van der Waals surface area contributed by atoms with E-state index < -0.39 is 0 Å². The second-order valence-corrected chi connectivity index (χ2v) is 5.26. The summed E-state index contributed by atoms with van der Waals surface area (Å²) in [5.74, 6) is 0. The predicted octanol–water partition coefficient (Wildman–Crippen LogP) is 4.52. The number of halogens is 1. The molecule has 0 radical (unpaired) electrons. The lowest BCUT2D eigenvalue weighted by Gasteiger charge is -2.19. The van der Waals surface area contributed by atoms with Crippen molar-refractivity contribution in [2.24, 2.45) is 0 Å². The van der Waals surface area contributed by atoms with Crippen molar-refractivity contribution in [2.45, 2.75) is 32.7 Å². The first-order valence-electron chi connectivity index (χ1n) is 6.71. The first kappa shape index (κ1) is 14.2. The van der Waals surface area contributed by atoms with E-state index in [1.165, 1.54) is 11.1 Å². The molecule has 0 spiro atoms. The fourth-order valence-corrected chi connectivity index (χ4v) is 2.27. The van der Waals surface area contributed by atoms with Crippen LogP contribution in [-0.2, 0) is 6.42 Å². The van der Waals surface area contributed by atoms with Crippen molar-refractivity contribution < 1.29 is 4.42 Å². The summed E-state index contributed by atoms with van der Waals surface area (Å²) in [6.45, 7) is 5.22. The van der Waals surface area contributed by atoms with Crippen molar-refractivity contribution in [3.8, 4) is 0 Å². The maximum atomic E-state index is 6.10. The largest absolute Gasteiger partial charge is 0.472 e. The van der Waals surface area contributed by atoms with Crippen molar-refractivity contribution in [1.82, 2.24) is 5.32 Å². The van der Waals surface area contributed by atoms with Crippen molar-refractivity contribution in [2.75, 3.05) is 6.54 Å². The zero-order chi connectivity index (χ0) is 13.7. The molecule has 0 amide bonds. The van der Waals surface area contributed by atoms with Gasteiger partial charge in [0.2, 0.25) is 0 Å². The van der Waals surface area contributed by atoms with Crippen molar-refractivity contribution in [1.29, 1.82) is 0 Å². The van der Waals surface area contributed by atoms with E-state index in [2.05, 4.69) is 24.4 Å². The average molecular weight is 278 g/mol. The SMILES string of the molecule is CCCNC(Cc1ccoc1)c1ccc(Cl)c(C)c1. The number of rotatable bonds is 6. The van der Waals surface area contributed by atoms with Gasteiger partial charge in [0.1, 0.15) is 0 Å². The fourth-order valence-electron chi connectivity index (χ4n) is 2.16. The molecular weight excluding hydrogens is 258 g/mol. The molecule has 1 unspecified atom stereocenters. The van der Waals surface area contributed by atoms with E-state index in [-0.39, 0.29) is 0 Å². The average Bonchev–Trinajstić information content (AvgIpc) is 2.91. The third-order valence-electron chi connectivity index (χ3n) is 3.25. The second-order valence-electron chi connectivity index (χ2n) is 4.85. The number of furan rings is 1. The van der Waals surface area contributed by atoms with Crippen LogP contribution in [0.4, 0.5) is 0 Å². The highest BCUT2D eigenvalue weighted by Gasteiger charge is 2.13. The van der Waals surface area contributed by atoms with Crippen LogP contribution in [-0.4, -0.2) is 6.54 Å². The molecule has 1 atom stereocenters. The van der Waals surface area contributed by atoms with Gasteiger partial charge in [0.25, 0.3) is 0 Å². The van der Waals surface area contributed by atoms with Crippen LogP contribution in [0.15, 0.2) is 41.2 Å². The Morgan fingerprint density at radius 3 is 2.79 bits per heavy atom. The molecule has 2 nitrogen and oxygen atoms in total. The molecular formula is C16H20ClNO. The number of hydrogen-bond donors (Lipinski definition) is 1. The lowest BCUT2D eigenvalue weighted by molar-refractivity contribution is 0.520. The van der Waals surface area contributed by atoms with Crippen molar-refractivity contribution in [3.05, 3.63) is 58.5 Å². The van der Waals surface area contributed by atoms with Gasteiger partial charge in [0, 0.05) is 11.1 Å². The summed E-state index contributed by atoms with van der Waals surface area (Å²) < 4.78 is 5.15. The van der Waals surface area contributed by atoms with E-state index >= 15 is 0 Å². The minimum atomic E-state index is 0.300. The standard InChI is InChI=1S/C16H20ClNO/c1-3-7-18-16(10-13-6-8-19-11-13)14-4-5-15(17)12(2)9-14/h4-6,8-9,11,16,18H,3,7,10H2,1-2H3. The molecule has 19 heavy (non-hydrogen) atoms. The Balaban J connectivity index is 2.18. The number of aryl methyl sites for hydroxylation is 1. The summed E-state index contributed by atoms with van der Waals surface area (Å²) in [6, 6.07) is 8.55. The first-order chi connectivity index (χ1) is 9.20. The summed E-state index contributed by atoms with van der Waals surface area (Å²) in [7, 11) is 0. The predicted molar refractivity (Wildman–Crippen MR) is 79.6 cm³/mol. The molecule has 3 heteroatoms. The summed E-state index contributed by atoms with van der Waals surface area (Å²) in [5, 5.41) is 4.41. The normalized spacial score (nSPS) is 12.6. The quantitative estimate of drug-likeness (QED) is 0.839. The van der Waals surface area contributed by atoms with Crippen molar-refractivity contribution >= 4 is 11.6 Å². The fraction of sp³-hybridized carbons (Fsp3) is 0.375. The Bertz CT molecular complexity index is 507. The molecule has 1 N–H and O–H groups in total. The zero-order valence-electron chi connectivity index (χ0n) is 11.4. The zero-order valence-corrected chi connectivity index (χ0v) is 12.2. The van der Waals surface area contributed by atoms with Crippen LogP contribution in [0.5, 0.6) is 0 Å². The molecule has 2 aromatic rings. The molecule has 2 rings (SSSR count). The van der Waals surface area contributed by atoms with Gasteiger partial charge in [-0.3, -0.25) is 0 Å². The van der Waals surface area contributed by atoms with Crippen LogP contribution in [0.25, 0.3) is 0 Å². The third-order valence-corrected chi connectivity index (χ3v) is 3.67. The minimum Gasteiger partial charge on any atom is -0.472 e. The highest BCUT2D eigenvalue weighted by atomic mass is 35.5. The van der Waals surface area contributed by atoms with E-state index in [9.17, 15) is 0 Å². The lowest BCUT2D eigenvalue weighted by Crippen LogP contribution is -2.24. The smallest absolute Gasteiger partial charge is 0.0935 e. The minimum absolute atomic E-state index is 0.300. The van der Waals surface area contributed by atoms with Crippen LogP contribution in [0.1, 0.15) is 36.1 Å². The molecule has 0 saturated heterocycles. The Labute approximate surface area is 119 Å². The summed E-state index contributed by atoms with van der Waals surface area (Å²) in [6.07, 6.45) is 5.58. The molecule has 1 heterocycles. The lowest BCUT2D eigenvalue weighted by atomic mass is 9.99. The van der Waals surface area contributed by atoms with Gasteiger partial charge < -0.3 is 9.73 Å². The van der Waals surface area contributed by atoms with E-state index in [4.69, 9.17) is 16.0 Å².